The second-order valence-electron chi connectivity index (χ2n) is 6.65. The van der Waals surface area contributed by atoms with Gasteiger partial charge in [0.15, 0.2) is 5.43 Å². The summed E-state index contributed by atoms with van der Waals surface area (Å²) >= 11 is 0. The third kappa shape index (κ3) is 3.14. The summed E-state index contributed by atoms with van der Waals surface area (Å²) in [5, 5.41) is 38.9. The maximum Gasteiger partial charge on any atom is 0.336 e. The van der Waals surface area contributed by atoms with E-state index >= 15 is 0 Å². The van der Waals surface area contributed by atoms with E-state index in [-0.39, 0.29) is 39.0 Å². The molecule has 1 aliphatic carbocycles. The standard InChI is InChI=1S/C22H12O9/c23-9-5-13(21(27)28)17-15(7-9)31-16-8-10(24)6-14(22(29)30)18(16)19(17)11-3-1-2-4-12(11)20(25)26/h1-8,23H,(H,25,26)(H,27,28)(H,29,30). The molecule has 9 heteroatoms. The van der Waals surface area contributed by atoms with E-state index in [0.717, 1.165) is 24.3 Å². The van der Waals surface area contributed by atoms with Crippen LogP contribution in [-0.2, 0) is 0 Å². The molecule has 4 N–H and O–H groups in total. The topological polar surface area (TPSA) is 162 Å². The Bertz CT molecular complexity index is 1450. The maximum atomic E-state index is 12.0. The van der Waals surface area contributed by atoms with Crippen LogP contribution in [0.1, 0.15) is 31.1 Å². The molecular formula is C22H12O9. The molecule has 2 aliphatic rings. The van der Waals surface area contributed by atoms with Gasteiger partial charge in [0, 0.05) is 34.7 Å². The van der Waals surface area contributed by atoms with Crippen LogP contribution in [0.5, 0.6) is 5.75 Å². The number of carboxylic acids is 3. The van der Waals surface area contributed by atoms with Crippen molar-refractivity contribution in [2.75, 3.05) is 0 Å². The van der Waals surface area contributed by atoms with Crippen molar-refractivity contribution in [2.24, 2.45) is 0 Å². The van der Waals surface area contributed by atoms with E-state index in [1.165, 1.54) is 24.3 Å². The van der Waals surface area contributed by atoms with Gasteiger partial charge in [-0.05, 0) is 17.7 Å². The fourth-order valence-corrected chi connectivity index (χ4v) is 3.61. The number of hydrogen-bond acceptors (Lipinski definition) is 6. The van der Waals surface area contributed by atoms with Crippen LogP contribution in [0.4, 0.5) is 0 Å². The van der Waals surface area contributed by atoms with Crippen molar-refractivity contribution in [3.63, 3.8) is 0 Å². The molecule has 1 heterocycles. The Labute approximate surface area is 172 Å². The van der Waals surface area contributed by atoms with Crippen LogP contribution in [0.15, 0.2) is 57.7 Å². The number of carboxylic acid groups (broad SMARTS) is 3. The van der Waals surface area contributed by atoms with Crippen molar-refractivity contribution in [1.29, 1.82) is 0 Å². The van der Waals surface area contributed by atoms with Crippen LogP contribution in [0.2, 0.25) is 0 Å². The number of hydrogen-bond donors (Lipinski definition) is 4. The first kappa shape index (κ1) is 19.6. The Morgan fingerprint density at radius 1 is 0.742 bits per heavy atom. The molecule has 4 rings (SSSR count). The Hall–Kier alpha value is -4.66. The highest BCUT2D eigenvalue weighted by Crippen LogP contribution is 2.45. The summed E-state index contributed by atoms with van der Waals surface area (Å²) in [6.45, 7) is 0. The molecule has 0 radical (unpaired) electrons. The van der Waals surface area contributed by atoms with Gasteiger partial charge in [-0.15, -0.1) is 0 Å². The smallest absolute Gasteiger partial charge is 0.336 e. The van der Waals surface area contributed by atoms with Crippen LogP contribution in [-0.4, -0.2) is 38.3 Å². The molecule has 0 atom stereocenters. The molecule has 0 spiro atoms. The molecule has 31 heavy (non-hydrogen) atoms. The summed E-state index contributed by atoms with van der Waals surface area (Å²) in [7, 11) is 0. The fraction of sp³-hybridized carbons (Fsp3) is 0. The maximum absolute atomic E-state index is 12.0. The van der Waals surface area contributed by atoms with E-state index in [4.69, 9.17) is 4.42 Å². The fourth-order valence-electron chi connectivity index (χ4n) is 3.61. The van der Waals surface area contributed by atoms with Gasteiger partial charge in [-0.2, -0.15) is 0 Å². The van der Waals surface area contributed by atoms with E-state index in [1.807, 2.05) is 0 Å². The van der Waals surface area contributed by atoms with Crippen molar-refractivity contribution in [3.05, 3.63) is 75.4 Å². The average molecular weight is 420 g/mol. The van der Waals surface area contributed by atoms with Crippen molar-refractivity contribution >= 4 is 28.9 Å². The zero-order chi connectivity index (χ0) is 22.4. The summed E-state index contributed by atoms with van der Waals surface area (Å²) < 4.78 is 5.62. The molecule has 2 aromatic rings. The van der Waals surface area contributed by atoms with Gasteiger partial charge in [-0.1, -0.05) is 18.2 Å². The minimum absolute atomic E-state index is 0.0233. The quantitative estimate of drug-likeness (QED) is 0.363. The third-order valence-electron chi connectivity index (χ3n) is 4.77. The number of phenolic OH excluding ortho intramolecular Hbond substituents is 1. The van der Waals surface area contributed by atoms with Gasteiger partial charge < -0.3 is 24.8 Å². The van der Waals surface area contributed by atoms with Crippen molar-refractivity contribution < 1.29 is 39.2 Å². The molecule has 0 saturated heterocycles. The SMILES string of the molecule is O=C(O)c1ccccc1-c1c2c(C(=O)O)cc(=O)cc-2oc2cc(O)cc(C(=O)O)c12. The number of rotatable bonds is 4. The summed E-state index contributed by atoms with van der Waals surface area (Å²) in [6, 6.07) is 9.55. The molecule has 0 amide bonds. The third-order valence-corrected chi connectivity index (χ3v) is 4.77. The lowest BCUT2D eigenvalue weighted by Gasteiger charge is -2.19. The van der Waals surface area contributed by atoms with Gasteiger partial charge in [0.05, 0.1) is 16.7 Å². The monoisotopic (exact) mass is 420 g/mol. The van der Waals surface area contributed by atoms with E-state index in [1.54, 1.807) is 0 Å². The Balaban J connectivity index is 2.39. The van der Waals surface area contributed by atoms with Crippen LogP contribution >= 0.6 is 0 Å². The first-order chi connectivity index (χ1) is 14.7. The number of benzene rings is 3. The summed E-state index contributed by atoms with van der Waals surface area (Å²) in [6.07, 6.45) is 0. The lowest BCUT2D eigenvalue weighted by molar-refractivity contribution is 0.0687. The van der Waals surface area contributed by atoms with Crippen molar-refractivity contribution in [3.8, 4) is 28.2 Å². The van der Waals surface area contributed by atoms with Crippen LogP contribution in [0, 0.1) is 0 Å². The lowest BCUT2D eigenvalue weighted by atomic mass is 9.86. The van der Waals surface area contributed by atoms with E-state index in [2.05, 4.69) is 0 Å². The molecular weight excluding hydrogens is 408 g/mol. The second-order valence-corrected chi connectivity index (χ2v) is 6.65. The molecule has 0 aromatic heterocycles. The number of phenols is 1. The number of aromatic carboxylic acids is 3. The highest BCUT2D eigenvalue weighted by atomic mass is 16.4. The molecule has 0 fully saturated rings. The Morgan fingerprint density at radius 2 is 1.39 bits per heavy atom. The number of carbonyl (C=O) groups is 3. The molecule has 0 bridgehead atoms. The Morgan fingerprint density at radius 3 is 2.03 bits per heavy atom. The molecule has 2 aromatic carbocycles. The normalized spacial score (nSPS) is 11.0. The van der Waals surface area contributed by atoms with E-state index in [0.29, 0.717) is 0 Å². The average Bonchev–Trinajstić information content (AvgIpc) is 2.70. The van der Waals surface area contributed by atoms with Crippen molar-refractivity contribution in [1.82, 2.24) is 0 Å². The van der Waals surface area contributed by atoms with Crippen LogP contribution < -0.4 is 5.43 Å². The first-order valence-electron chi connectivity index (χ1n) is 8.76. The highest BCUT2D eigenvalue weighted by Gasteiger charge is 2.29. The van der Waals surface area contributed by atoms with Gasteiger partial charge in [0.1, 0.15) is 17.1 Å². The van der Waals surface area contributed by atoms with Gasteiger partial charge in [-0.25, -0.2) is 14.4 Å². The predicted octanol–water partition coefficient (Wildman–Crippen LogP) is 3.37. The zero-order valence-electron chi connectivity index (χ0n) is 15.4. The lowest BCUT2D eigenvalue weighted by Crippen LogP contribution is -2.11. The van der Waals surface area contributed by atoms with E-state index < -0.39 is 40.2 Å². The number of fused-ring (bicyclic) bond motifs is 2. The van der Waals surface area contributed by atoms with Gasteiger partial charge >= 0.3 is 17.9 Å². The molecule has 154 valence electrons. The number of aromatic hydroxyl groups is 1. The van der Waals surface area contributed by atoms with Crippen molar-refractivity contribution in [2.45, 2.75) is 0 Å². The summed E-state index contributed by atoms with van der Waals surface area (Å²) in [5.41, 5.74) is -2.14. The zero-order valence-corrected chi connectivity index (χ0v) is 15.4. The van der Waals surface area contributed by atoms with E-state index in [9.17, 15) is 39.6 Å². The predicted molar refractivity (Wildman–Crippen MR) is 107 cm³/mol. The Kier molecular flexibility index (Phi) is 4.43. The first-order valence-corrected chi connectivity index (χ1v) is 8.76. The van der Waals surface area contributed by atoms with Gasteiger partial charge in [0.25, 0.3) is 0 Å². The highest BCUT2D eigenvalue weighted by molar-refractivity contribution is 6.16. The minimum atomic E-state index is -1.48. The summed E-state index contributed by atoms with van der Waals surface area (Å²) in [4.78, 5) is 47.8. The molecule has 1 aliphatic heterocycles. The summed E-state index contributed by atoms with van der Waals surface area (Å²) in [5.74, 6) is -4.91. The molecule has 9 nitrogen and oxygen atoms in total. The minimum Gasteiger partial charge on any atom is -0.508 e. The molecule has 0 saturated carbocycles. The van der Waals surface area contributed by atoms with Gasteiger partial charge in [0.2, 0.25) is 0 Å². The largest absolute Gasteiger partial charge is 0.508 e. The molecule has 0 unspecified atom stereocenters. The van der Waals surface area contributed by atoms with Gasteiger partial charge in [-0.3, -0.25) is 4.79 Å². The van der Waals surface area contributed by atoms with Crippen LogP contribution in [0.25, 0.3) is 33.4 Å². The van der Waals surface area contributed by atoms with Crippen LogP contribution in [0.3, 0.4) is 0 Å². The second kappa shape index (κ2) is 6.99.